The van der Waals surface area contributed by atoms with E-state index >= 15 is 0 Å². The number of hydrogen-bond donors (Lipinski definition) is 0. The van der Waals surface area contributed by atoms with Gasteiger partial charge in [0.1, 0.15) is 5.75 Å². The van der Waals surface area contributed by atoms with Crippen LogP contribution in [-0.2, 0) is 9.84 Å². The van der Waals surface area contributed by atoms with Crippen LogP contribution in [0.4, 0.5) is 0 Å². The molecule has 0 aliphatic rings. The van der Waals surface area contributed by atoms with E-state index in [1.807, 2.05) is 6.92 Å². The van der Waals surface area contributed by atoms with Crippen molar-refractivity contribution in [2.24, 2.45) is 0 Å². The minimum atomic E-state index is -3.60. The second kappa shape index (κ2) is 5.59. The molecule has 0 amide bonds. The van der Waals surface area contributed by atoms with Crippen molar-refractivity contribution >= 4 is 15.6 Å². The maximum Gasteiger partial charge on any atom is 0.186 e. The minimum absolute atomic E-state index is 0.223. The summed E-state index contributed by atoms with van der Waals surface area (Å²) < 4.78 is 24.6. The Morgan fingerprint density at radius 1 is 0.950 bits per heavy atom. The van der Waals surface area contributed by atoms with Crippen LogP contribution in [0.5, 0.6) is 0 Å². The molecule has 0 unspecified atom stereocenters. The summed E-state index contributed by atoms with van der Waals surface area (Å²) in [5.74, 6) is -0.880. The number of rotatable bonds is 4. The topological polar surface area (TPSA) is 51.2 Å². The Balaban J connectivity index is 2.27. The molecule has 0 spiro atoms. The zero-order chi connectivity index (χ0) is 14.8. The van der Waals surface area contributed by atoms with Crippen molar-refractivity contribution in [2.75, 3.05) is 5.75 Å². The Morgan fingerprint density at radius 3 is 2.15 bits per heavy atom. The molecule has 2 aromatic rings. The molecule has 104 valence electrons. The summed E-state index contributed by atoms with van der Waals surface area (Å²) in [6, 6.07) is 13.6. The minimum Gasteiger partial charge on any atom is -0.293 e. The number of aryl methyl sites for hydroxylation is 2. The Kier molecular flexibility index (Phi) is 4.04. The molecule has 0 fully saturated rings. The molecule has 0 aliphatic heterocycles. The fourth-order valence-electron chi connectivity index (χ4n) is 1.98. The van der Waals surface area contributed by atoms with Gasteiger partial charge in [-0.15, -0.1) is 0 Å². The summed E-state index contributed by atoms with van der Waals surface area (Å²) in [4.78, 5) is 12.3. The van der Waals surface area contributed by atoms with E-state index in [4.69, 9.17) is 0 Å². The van der Waals surface area contributed by atoms with Crippen LogP contribution in [0.3, 0.4) is 0 Å². The molecule has 20 heavy (non-hydrogen) atoms. The predicted octanol–water partition coefficient (Wildman–Crippen LogP) is 2.96. The van der Waals surface area contributed by atoms with Crippen LogP contribution < -0.4 is 0 Å². The molecule has 0 saturated carbocycles. The van der Waals surface area contributed by atoms with Crippen molar-refractivity contribution < 1.29 is 13.2 Å². The van der Waals surface area contributed by atoms with E-state index in [2.05, 4.69) is 0 Å². The van der Waals surface area contributed by atoms with Crippen molar-refractivity contribution in [3.8, 4) is 0 Å². The van der Waals surface area contributed by atoms with Crippen molar-refractivity contribution in [3.63, 3.8) is 0 Å². The Morgan fingerprint density at radius 2 is 1.55 bits per heavy atom. The van der Waals surface area contributed by atoms with E-state index in [1.165, 1.54) is 6.07 Å². The molecule has 3 nitrogen and oxygen atoms in total. The zero-order valence-electron chi connectivity index (χ0n) is 11.5. The molecule has 4 heteroatoms. The van der Waals surface area contributed by atoms with E-state index in [-0.39, 0.29) is 10.7 Å². The standard InChI is InChI=1S/C16H16O3S/c1-12-7-9-14(10-8-12)15(17)11-20(18,19)16-6-4-3-5-13(16)2/h3-10H,11H2,1-2H3. The highest BCUT2D eigenvalue weighted by atomic mass is 32.2. The first-order chi connectivity index (χ1) is 9.40. The summed E-state index contributed by atoms with van der Waals surface area (Å²) >= 11 is 0. The quantitative estimate of drug-likeness (QED) is 0.813. The molecule has 2 rings (SSSR count). The summed E-state index contributed by atoms with van der Waals surface area (Å²) in [6.45, 7) is 3.64. The van der Waals surface area contributed by atoms with Gasteiger partial charge in [-0.05, 0) is 25.5 Å². The van der Waals surface area contributed by atoms with Crippen LogP contribution in [0.2, 0.25) is 0 Å². The second-order valence-corrected chi connectivity index (χ2v) is 6.77. The average molecular weight is 288 g/mol. The first-order valence-corrected chi connectivity index (χ1v) is 7.93. The maximum absolute atomic E-state index is 12.3. The Labute approximate surface area is 119 Å². The van der Waals surface area contributed by atoms with E-state index in [0.29, 0.717) is 11.1 Å². The second-order valence-electron chi connectivity index (χ2n) is 4.81. The number of ketones is 1. The molecule has 0 saturated heterocycles. The van der Waals surface area contributed by atoms with E-state index in [9.17, 15) is 13.2 Å². The van der Waals surface area contributed by atoms with Crippen molar-refractivity contribution in [1.29, 1.82) is 0 Å². The first-order valence-electron chi connectivity index (χ1n) is 6.28. The number of Topliss-reactive ketones (excluding diaryl/α,β-unsaturated/α-hetero) is 1. The summed E-state index contributed by atoms with van der Waals surface area (Å²) in [7, 11) is -3.60. The number of sulfone groups is 1. The van der Waals surface area contributed by atoms with Crippen LogP contribution in [0, 0.1) is 13.8 Å². The van der Waals surface area contributed by atoms with Gasteiger partial charge >= 0.3 is 0 Å². The van der Waals surface area contributed by atoms with Gasteiger partial charge < -0.3 is 0 Å². The fourth-order valence-corrected chi connectivity index (χ4v) is 3.49. The van der Waals surface area contributed by atoms with Crippen molar-refractivity contribution in [1.82, 2.24) is 0 Å². The van der Waals surface area contributed by atoms with Gasteiger partial charge in [0.2, 0.25) is 0 Å². The molecule has 0 atom stereocenters. The smallest absolute Gasteiger partial charge is 0.186 e. The fraction of sp³-hybridized carbons (Fsp3) is 0.188. The predicted molar refractivity (Wildman–Crippen MR) is 78.7 cm³/mol. The first kappa shape index (κ1) is 14.5. The number of carbonyl (C=O) groups is 1. The molecule has 0 aliphatic carbocycles. The SMILES string of the molecule is Cc1ccc(C(=O)CS(=O)(=O)c2ccccc2C)cc1. The van der Waals surface area contributed by atoms with E-state index in [0.717, 1.165) is 5.56 Å². The zero-order valence-corrected chi connectivity index (χ0v) is 12.3. The monoisotopic (exact) mass is 288 g/mol. The molecular formula is C16H16O3S. The van der Waals surface area contributed by atoms with Gasteiger partial charge in [-0.3, -0.25) is 4.79 Å². The third-order valence-electron chi connectivity index (χ3n) is 3.12. The van der Waals surface area contributed by atoms with Crippen LogP contribution in [0.1, 0.15) is 21.5 Å². The van der Waals surface area contributed by atoms with Crippen LogP contribution in [0.15, 0.2) is 53.4 Å². The van der Waals surface area contributed by atoms with Gasteiger partial charge in [-0.2, -0.15) is 0 Å². The lowest BCUT2D eigenvalue weighted by molar-refractivity contribution is 0.102. The third-order valence-corrected chi connectivity index (χ3v) is 4.89. The lowest BCUT2D eigenvalue weighted by Crippen LogP contribution is -2.17. The molecule has 0 radical (unpaired) electrons. The van der Waals surface area contributed by atoms with Crippen LogP contribution in [-0.4, -0.2) is 20.0 Å². The lowest BCUT2D eigenvalue weighted by atomic mass is 10.1. The molecule has 0 heterocycles. The molecule has 0 bridgehead atoms. The largest absolute Gasteiger partial charge is 0.293 e. The third kappa shape index (κ3) is 3.14. The number of carbonyl (C=O) groups excluding carboxylic acids is 1. The molecular weight excluding hydrogens is 272 g/mol. The molecule has 2 aromatic carbocycles. The highest BCUT2D eigenvalue weighted by molar-refractivity contribution is 7.92. The molecule has 0 aromatic heterocycles. The Hall–Kier alpha value is -1.94. The van der Waals surface area contributed by atoms with Crippen molar-refractivity contribution in [3.05, 3.63) is 65.2 Å². The normalized spacial score (nSPS) is 11.3. The summed E-state index contributed by atoms with van der Waals surface area (Å²) in [6.07, 6.45) is 0. The highest BCUT2D eigenvalue weighted by Gasteiger charge is 2.21. The maximum atomic E-state index is 12.3. The van der Waals surface area contributed by atoms with E-state index < -0.39 is 15.6 Å². The van der Waals surface area contributed by atoms with Crippen LogP contribution >= 0.6 is 0 Å². The molecule has 0 N–H and O–H groups in total. The van der Waals surface area contributed by atoms with E-state index in [1.54, 1.807) is 49.4 Å². The highest BCUT2D eigenvalue weighted by Crippen LogP contribution is 2.17. The summed E-state index contributed by atoms with van der Waals surface area (Å²) in [5.41, 5.74) is 2.11. The van der Waals surface area contributed by atoms with Crippen molar-refractivity contribution in [2.45, 2.75) is 18.7 Å². The van der Waals surface area contributed by atoms with Gasteiger partial charge in [0.25, 0.3) is 0 Å². The Bertz CT molecular complexity index is 729. The van der Waals surface area contributed by atoms with Crippen LogP contribution in [0.25, 0.3) is 0 Å². The van der Waals surface area contributed by atoms with Gasteiger partial charge in [0.15, 0.2) is 15.6 Å². The van der Waals surface area contributed by atoms with Gasteiger partial charge in [-0.25, -0.2) is 8.42 Å². The average Bonchev–Trinajstić information content (AvgIpc) is 2.39. The lowest BCUT2D eigenvalue weighted by Gasteiger charge is -2.07. The number of benzene rings is 2. The summed E-state index contributed by atoms with van der Waals surface area (Å²) in [5, 5.41) is 0. The van der Waals surface area contributed by atoms with Gasteiger partial charge in [-0.1, -0.05) is 48.0 Å². The van der Waals surface area contributed by atoms with Gasteiger partial charge in [0, 0.05) is 5.56 Å². The number of hydrogen-bond acceptors (Lipinski definition) is 3. The van der Waals surface area contributed by atoms with Gasteiger partial charge in [0.05, 0.1) is 4.90 Å².